The average molecular weight is 244 g/mol. The number of amides is 3. The molecule has 0 unspecified atom stereocenters. The van der Waals surface area contributed by atoms with Gasteiger partial charge in [-0.2, -0.15) is 0 Å². The molecule has 1 atom stereocenters. The van der Waals surface area contributed by atoms with Crippen LogP contribution in [-0.4, -0.2) is 60.1 Å². The molecule has 1 rings (SSSR count). The van der Waals surface area contributed by atoms with Crippen LogP contribution >= 0.6 is 0 Å². The number of urea groups is 1. The van der Waals surface area contributed by atoms with Crippen LogP contribution in [-0.2, 0) is 9.59 Å². The van der Waals surface area contributed by atoms with Gasteiger partial charge in [-0.15, -0.1) is 0 Å². The third-order valence-corrected chi connectivity index (χ3v) is 2.41. The van der Waals surface area contributed by atoms with Gasteiger partial charge in [-0.05, 0) is 0 Å². The maximum Gasteiger partial charge on any atom is 0.326 e. The Hall–Kier alpha value is -1.83. The lowest BCUT2D eigenvalue weighted by Crippen LogP contribution is -2.54. The van der Waals surface area contributed by atoms with Crippen molar-refractivity contribution in [3.63, 3.8) is 0 Å². The minimum Gasteiger partial charge on any atom is -0.480 e. The maximum absolute atomic E-state index is 11.7. The van der Waals surface area contributed by atoms with Crippen molar-refractivity contribution in [3.8, 4) is 0 Å². The molecule has 1 aliphatic heterocycles. The largest absolute Gasteiger partial charge is 0.480 e. The third kappa shape index (κ3) is 4.27. The number of nitrogens with one attached hydrogen (secondary N) is 2. The molecule has 17 heavy (non-hydrogen) atoms. The van der Waals surface area contributed by atoms with E-state index in [9.17, 15) is 14.4 Å². The summed E-state index contributed by atoms with van der Waals surface area (Å²) in [6.45, 7) is 2.35. The van der Waals surface area contributed by atoms with Gasteiger partial charge in [0.2, 0.25) is 5.91 Å². The molecule has 0 spiro atoms. The number of aliphatic carboxylic acids is 1. The van der Waals surface area contributed by atoms with Crippen LogP contribution in [0.2, 0.25) is 0 Å². The van der Waals surface area contributed by atoms with Gasteiger partial charge in [0.1, 0.15) is 6.04 Å². The van der Waals surface area contributed by atoms with E-state index in [2.05, 4.69) is 10.6 Å². The minimum atomic E-state index is -1.27. The fraction of sp³-hybridized carbons (Fsp3) is 0.667. The standard InChI is InChI=1S/C9H16N4O4/c10-7(14)5-6(8(15)16)12-9(17)13-3-1-11-2-4-13/h6,11H,1-5H2,(H2,10,14)(H,12,17)(H,15,16)/t6-/m1/s1. The molecule has 0 aliphatic carbocycles. The molecule has 1 heterocycles. The number of nitrogens with zero attached hydrogens (tertiary/aromatic N) is 1. The molecule has 8 heteroatoms. The molecule has 3 amide bonds. The second-order valence-corrected chi connectivity index (χ2v) is 3.75. The van der Waals surface area contributed by atoms with Crippen molar-refractivity contribution in [3.05, 3.63) is 0 Å². The first-order chi connectivity index (χ1) is 8.00. The molecule has 0 aromatic heterocycles. The summed E-state index contributed by atoms with van der Waals surface area (Å²) in [6.07, 6.45) is -0.410. The zero-order valence-corrected chi connectivity index (χ0v) is 9.31. The SMILES string of the molecule is NC(=O)C[C@@H](NC(=O)N1CCNCC1)C(=O)O. The van der Waals surface area contributed by atoms with Gasteiger partial charge in [-0.1, -0.05) is 0 Å². The summed E-state index contributed by atoms with van der Waals surface area (Å²) in [4.78, 5) is 34.6. The lowest BCUT2D eigenvalue weighted by atomic mass is 10.2. The van der Waals surface area contributed by atoms with E-state index < -0.39 is 30.4 Å². The normalized spacial score (nSPS) is 17.3. The van der Waals surface area contributed by atoms with Crippen LogP contribution in [0.4, 0.5) is 4.79 Å². The smallest absolute Gasteiger partial charge is 0.326 e. The predicted octanol–water partition coefficient (Wildman–Crippen LogP) is -2.07. The Morgan fingerprint density at radius 1 is 1.35 bits per heavy atom. The molecule has 1 fully saturated rings. The van der Waals surface area contributed by atoms with Gasteiger partial charge in [0, 0.05) is 26.2 Å². The molecule has 0 radical (unpaired) electrons. The maximum atomic E-state index is 11.7. The van der Waals surface area contributed by atoms with Crippen LogP contribution in [0.25, 0.3) is 0 Å². The Morgan fingerprint density at radius 2 is 1.94 bits per heavy atom. The van der Waals surface area contributed by atoms with E-state index >= 15 is 0 Å². The Kier molecular flexibility index (Phi) is 4.70. The highest BCUT2D eigenvalue weighted by molar-refractivity contribution is 5.87. The minimum absolute atomic E-state index is 0.410. The van der Waals surface area contributed by atoms with Gasteiger partial charge in [0.15, 0.2) is 0 Å². The highest BCUT2D eigenvalue weighted by atomic mass is 16.4. The van der Waals surface area contributed by atoms with Crippen molar-refractivity contribution in [1.82, 2.24) is 15.5 Å². The van der Waals surface area contributed by atoms with E-state index in [4.69, 9.17) is 10.8 Å². The van der Waals surface area contributed by atoms with E-state index in [1.54, 1.807) is 0 Å². The number of carboxylic acid groups (broad SMARTS) is 1. The molecular formula is C9H16N4O4. The fourth-order valence-corrected chi connectivity index (χ4v) is 1.51. The monoisotopic (exact) mass is 244 g/mol. The van der Waals surface area contributed by atoms with E-state index in [-0.39, 0.29) is 0 Å². The van der Waals surface area contributed by atoms with Crippen LogP contribution in [0, 0.1) is 0 Å². The first-order valence-electron chi connectivity index (χ1n) is 5.28. The highest BCUT2D eigenvalue weighted by Gasteiger charge is 2.25. The van der Waals surface area contributed by atoms with E-state index in [1.807, 2.05) is 0 Å². The molecule has 0 aromatic carbocycles. The summed E-state index contributed by atoms with van der Waals surface area (Å²) in [7, 11) is 0. The highest BCUT2D eigenvalue weighted by Crippen LogP contribution is 1.97. The zero-order chi connectivity index (χ0) is 12.8. The van der Waals surface area contributed by atoms with Crippen molar-refractivity contribution >= 4 is 17.9 Å². The zero-order valence-electron chi connectivity index (χ0n) is 9.31. The second-order valence-electron chi connectivity index (χ2n) is 3.75. The van der Waals surface area contributed by atoms with Crippen LogP contribution in [0.15, 0.2) is 0 Å². The second kappa shape index (κ2) is 6.04. The summed E-state index contributed by atoms with van der Waals surface area (Å²) in [5.74, 6) is -2.04. The quantitative estimate of drug-likeness (QED) is 0.452. The lowest BCUT2D eigenvalue weighted by molar-refractivity contribution is -0.140. The number of piperazine rings is 1. The van der Waals surface area contributed by atoms with Gasteiger partial charge in [-0.25, -0.2) is 9.59 Å². The molecule has 8 nitrogen and oxygen atoms in total. The van der Waals surface area contributed by atoms with E-state index in [0.717, 1.165) is 0 Å². The predicted molar refractivity (Wildman–Crippen MR) is 58.2 cm³/mol. The number of carboxylic acids is 1. The summed E-state index contributed by atoms with van der Waals surface area (Å²) < 4.78 is 0. The third-order valence-electron chi connectivity index (χ3n) is 2.41. The first kappa shape index (κ1) is 13.2. The van der Waals surface area contributed by atoms with E-state index in [0.29, 0.717) is 26.2 Å². The Bertz CT molecular complexity index is 314. The molecule has 0 saturated carbocycles. The van der Waals surface area contributed by atoms with Gasteiger partial charge in [0.25, 0.3) is 0 Å². The number of nitrogens with two attached hydrogens (primary N) is 1. The summed E-state index contributed by atoms with van der Waals surface area (Å²) in [6, 6.07) is -1.75. The van der Waals surface area contributed by atoms with Crippen molar-refractivity contribution in [2.45, 2.75) is 12.5 Å². The molecule has 1 saturated heterocycles. The molecular weight excluding hydrogens is 228 g/mol. The molecule has 5 N–H and O–H groups in total. The summed E-state index contributed by atoms with van der Waals surface area (Å²) in [5, 5.41) is 14.2. The Morgan fingerprint density at radius 3 is 2.41 bits per heavy atom. The number of hydrogen-bond donors (Lipinski definition) is 4. The number of carbonyl (C=O) groups is 3. The van der Waals surface area contributed by atoms with Crippen LogP contribution in [0.3, 0.4) is 0 Å². The van der Waals surface area contributed by atoms with Gasteiger partial charge < -0.3 is 26.4 Å². The molecule has 1 aliphatic rings. The molecule has 0 bridgehead atoms. The Labute approximate surface area is 98.1 Å². The van der Waals surface area contributed by atoms with Crippen LogP contribution in [0.1, 0.15) is 6.42 Å². The van der Waals surface area contributed by atoms with Crippen molar-refractivity contribution in [2.75, 3.05) is 26.2 Å². The lowest BCUT2D eigenvalue weighted by Gasteiger charge is -2.28. The van der Waals surface area contributed by atoms with Gasteiger partial charge >= 0.3 is 12.0 Å². The number of rotatable bonds is 4. The number of hydrogen-bond acceptors (Lipinski definition) is 4. The topological polar surface area (TPSA) is 125 Å². The van der Waals surface area contributed by atoms with Crippen molar-refractivity contribution < 1.29 is 19.5 Å². The van der Waals surface area contributed by atoms with Gasteiger partial charge in [-0.3, -0.25) is 4.79 Å². The van der Waals surface area contributed by atoms with Crippen molar-refractivity contribution in [2.24, 2.45) is 5.73 Å². The summed E-state index contributed by atoms with van der Waals surface area (Å²) >= 11 is 0. The van der Waals surface area contributed by atoms with Crippen LogP contribution < -0.4 is 16.4 Å². The Balaban J connectivity index is 2.50. The van der Waals surface area contributed by atoms with Crippen molar-refractivity contribution in [1.29, 1.82) is 0 Å². The molecule has 96 valence electrons. The van der Waals surface area contributed by atoms with Gasteiger partial charge in [0.05, 0.1) is 6.42 Å². The number of primary amides is 1. The number of carbonyl (C=O) groups excluding carboxylic acids is 2. The van der Waals surface area contributed by atoms with Crippen LogP contribution in [0.5, 0.6) is 0 Å². The fourth-order valence-electron chi connectivity index (χ4n) is 1.51. The first-order valence-corrected chi connectivity index (χ1v) is 5.28. The van der Waals surface area contributed by atoms with E-state index in [1.165, 1.54) is 4.90 Å². The average Bonchev–Trinajstić information content (AvgIpc) is 2.28. The summed E-state index contributed by atoms with van der Waals surface area (Å²) in [5.41, 5.74) is 4.91. The molecule has 0 aromatic rings.